The minimum absolute atomic E-state index is 0.156. The Morgan fingerprint density at radius 2 is 1.84 bits per heavy atom. The molecule has 2 aromatic rings. The van der Waals surface area contributed by atoms with E-state index >= 15 is 0 Å². The number of amides is 2. The van der Waals surface area contributed by atoms with Crippen LogP contribution < -0.4 is 10.6 Å². The van der Waals surface area contributed by atoms with E-state index in [4.69, 9.17) is 0 Å². The number of imidazole rings is 1. The van der Waals surface area contributed by atoms with E-state index in [0.717, 1.165) is 28.6 Å². The Labute approximate surface area is 144 Å². The molecule has 0 aliphatic rings. The lowest BCUT2D eigenvalue weighted by Crippen LogP contribution is -2.35. The monoisotopic (exact) mass is 345 g/mol. The van der Waals surface area contributed by atoms with Gasteiger partial charge in [0.1, 0.15) is 12.7 Å². The van der Waals surface area contributed by atoms with Crippen LogP contribution in [0.5, 0.6) is 0 Å². The van der Waals surface area contributed by atoms with E-state index in [1.165, 1.54) is 10.9 Å². The van der Waals surface area contributed by atoms with Gasteiger partial charge in [0.25, 0.3) is 0 Å². The first kappa shape index (κ1) is 18.1. The van der Waals surface area contributed by atoms with Gasteiger partial charge in [-0.25, -0.2) is 0 Å². The standard InChI is InChI=1S/C16H19N5O4/c1-10-4-11(2)16(12(3)5-10)19-14(22)6-17-15(23)8-20-7-13(18-9-20)21(24)25/h4-5,7,9H,6,8H2,1-3H3,(H,17,23)(H,19,22). The number of nitrogens with zero attached hydrogens (tertiary/aromatic N) is 3. The Bertz CT molecular complexity index is 805. The summed E-state index contributed by atoms with van der Waals surface area (Å²) in [5, 5.41) is 15.8. The molecule has 1 aromatic carbocycles. The molecular weight excluding hydrogens is 326 g/mol. The number of rotatable bonds is 6. The maximum absolute atomic E-state index is 12.0. The van der Waals surface area contributed by atoms with E-state index in [1.54, 1.807) is 0 Å². The van der Waals surface area contributed by atoms with Crippen LogP contribution >= 0.6 is 0 Å². The number of benzene rings is 1. The van der Waals surface area contributed by atoms with Gasteiger partial charge in [-0.3, -0.25) is 9.59 Å². The van der Waals surface area contributed by atoms with Crippen LogP contribution in [0.3, 0.4) is 0 Å². The molecule has 0 atom stereocenters. The van der Waals surface area contributed by atoms with Gasteiger partial charge >= 0.3 is 5.82 Å². The van der Waals surface area contributed by atoms with Gasteiger partial charge in [0.15, 0.2) is 0 Å². The van der Waals surface area contributed by atoms with Crippen LogP contribution in [0.25, 0.3) is 0 Å². The lowest BCUT2D eigenvalue weighted by molar-refractivity contribution is -0.389. The number of carbonyl (C=O) groups excluding carboxylic acids is 2. The Morgan fingerprint density at radius 3 is 2.40 bits per heavy atom. The van der Waals surface area contributed by atoms with Crippen molar-refractivity contribution in [1.82, 2.24) is 14.9 Å². The van der Waals surface area contributed by atoms with Gasteiger partial charge in [0, 0.05) is 5.69 Å². The van der Waals surface area contributed by atoms with Gasteiger partial charge in [-0.2, -0.15) is 0 Å². The second-order valence-corrected chi connectivity index (χ2v) is 5.76. The molecule has 0 aliphatic heterocycles. The van der Waals surface area contributed by atoms with Crippen molar-refractivity contribution in [2.45, 2.75) is 27.3 Å². The zero-order valence-corrected chi connectivity index (χ0v) is 14.2. The lowest BCUT2D eigenvalue weighted by atomic mass is 10.1. The first-order valence-electron chi connectivity index (χ1n) is 7.57. The van der Waals surface area contributed by atoms with E-state index in [-0.39, 0.29) is 24.8 Å². The summed E-state index contributed by atoms with van der Waals surface area (Å²) in [4.78, 5) is 37.3. The number of aryl methyl sites for hydroxylation is 3. The van der Waals surface area contributed by atoms with Crippen molar-refractivity contribution < 1.29 is 14.5 Å². The van der Waals surface area contributed by atoms with Crippen molar-refractivity contribution in [1.29, 1.82) is 0 Å². The summed E-state index contributed by atoms with van der Waals surface area (Å²) >= 11 is 0. The molecule has 9 nitrogen and oxygen atoms in total. The number of nitro groups is 1. The van der Waals surface area contributed by atoms with Gasteiger partial charge in [0.05, 0.1) is 6.54 Å². The summed E-state index contributed by atoms with van der Waals surface area (Å²) in [5.74, 6) is -1.13. The molecule has 1 heterocycles. The molecule has 0 saturated heterocycles. The highest BCUT2D eigenvalue weighted by Gasteiger charge is 2.13. The van der Waals surface area contributed by atoms with Crippen molar-refractivity contribution in [2.75, 3.05) is 11.9 Å². The smallest absolute Gasteiger partial charge is 0.358 e. The molecule has 0 unspecified atom stereocenters. The van der Waals surface area contributed by atoms with Crippen molar-refractivity contribution >= 4 is 23.3 Å². The van der Waals surface area contributed by atoms with E-state index < -0.39 is 10.8 Å². The van der Waals surface area contributed by atoms with Crippen LogP contribution in [0.2, 0.25) is 0 Å². The van der Waals surface area contributed by atoms with E-state index in [0.29, 0.717) is 0 Å². The molecule has 0 aliphatic carbocycles. The summed E-state index contributed by atoms with van der Waals surface area (Å²) in [6.45, 7) is 5.44. The second kappa shape index (κ2) is 7.56. The quantitative estimate of drug-likeness (QED) is 0.607. The molecule has 0 spiro atoms. The summed E-state index contributed by atoms with van der Waals surface area (Å²) in [6, 6.07) is 3.93. The molecular formula is C16H19N5O4. The van der Waals surface area contributed by atoms with Crippen molar-refractivity contribution in [2.24, 2.45) is 0 Å². The fourth-order valence-corrected chi connectivity index (χ4v) is 2.49. The largest absolute Gasteiger partial charge is 0.381 e. The van der Waals surface area contributed by atoms with Gasteiger partial charge in [-0.1, -0.05) is 17.7 Å². The lowest BCUT2D eigenvalue weighted by Gasteiger charge is -2.13. The molecule has 1 aromatic heterocycles. The van der Waals surface area contributed by atoms with Gasteiger partial charge in [0.2, 0.25) is 18.1 Å². The molecule has 9 heteroatoms. The third-order valence-corrected chi connectivity index (χ3v) is 3.52. The minimum Gasteiger partial charge on any atom is -0.358 e. The van der Waals surface area contributed by atoms with Crippen LogP contribution in [0.15, 0.2) is 24.7 Å². The van der Waals surface area contributed by atoms with E-state index in [9.17, 15) is 19.7 Å². The molecule has 2 amide bonds. The zero-order valence-electron chi connectivity index (χ0n) is 14.2. The highest BCUT2D eigenvalue weighted by Crippen LogP contribution is 2.21. The Hall–Kier alpha value is -3.23. The van der Waals surface area contributed by atoms with Crippen LogP contribution in [0.1, 0.15) is 16.7 Å². The average molecular weight is 345 g/mol. The maximum Gasteiger partial charge on any atom is 0.381 e. The number of hydrogen-bond acceptors (Lipinski definition) is 5. The fraction of sp³-hybridized carbons (Fsp3) is 0.312. The molecule has 0 fully saturated rings. The first-order chi connectivity index (χ1) is 11.8. The molecule has 25 heavy (non-hydrogen) atoms. The first-order valence-corrected chi connectivity index (χ1v) is 7.57. The van der Waals surface area contributed by atoms with E-state index in [2.05, 4.69) is 15.6 Å². The van der Waals surface area contributed by atoms with Gasteiger partial charge < -0.3 is 25.3 Å². The molecule has 2 N–H and O–H groups in total. The van der Waals surface area contributed by atoms with Crippen molar-refractivity contribution in [3.8, 4) is 0 Å². The zero-order chi connectivity index (χ0) is 18.6. The Balaban J connectivity index is 1.87. The Morgan fingerprint density at radius 1 is 1.20 bits per heavy atom. The molecule has 0 bridgehead atoms. The number of carbonyl (C=O) groups is 2. The number of hydrogen-bond donors (Lipinski definition) is 2. The van der Waals surface area contributed by atoms with Crippen LogP contribution in [0, 0.1) is 30.9 Å². The summed E-state index contributed by atoms with van der Waals surface area (Å²) < 4.78 is 1.28. The third kappa shape index (κ3) is 4.87. The second-order valence-electron chi connectivity index (χ2n) is 5.76. The predicted octanol–water partition coefficient (Wildman–Crippen LogP) is 1.47. The van der Waals surface area contributed by atoms with Gasteiger partial charge in [-0.05, 0) is 41.8 Å². The minimum atomic E-state index is -0.645. The molecule has 0 saturated carbocycles. The highest BCUT2D eigenvalue weighted by atomic mass is 16.6. The predicted molar refractivity (Wildman–Crippen MR) is 91.2 cm³/mol. The highest BCUT2D eigenvalue weighted by molar-refractivity contribution is 5.95. The average Bonchev–Trinajstić information content (AvgIpc) is 2.97. The maximum atomic E-state index is 12.0. The number of nitrogens with one attached hydrogen (secondary N) is 2. The number of aromatic nitrogens is 2. The van der Waals surface area contributed by atoms with Crippen molar-refractivity contribution in [3.05, 3.63) is 51.5 Å². The summed E-state index contributed by atoms with van der Waals surface area (Å²) in [6.07, 6.45) is 2.34. The van der Waals surface area contributed by atoms with Crippen LogP contribution in [-0.4, -0.2) is 32.8 Å². The topological polar surface area (TPSA) is 119 Å². The molecule has 0 radical (unpaired) electrons. The summed E-state index contributed by atoms with van der Waals surface area (Å²) in [7, 11) is 0. The Kier molecular flexibility index (Phi) is 5.48. The van der Waals surface area contributed by atoms with Crippen molar-refractivity contribution in [3.63, 3.8) is 0 Å². The van der Waals surface area contributed by atoms with Crippen LogP contribution in [0.4, 0.5) is 11.5 Å². The van der Waals surface area contributed by atoms with Gasteiger partial charge in [-0.15, -0.1) is 0 Å². The third-order valence-electron chi connectivity index (χ3n) is 3.52. The van der Waals surface area contributed by atoms with Crippen LogP contribution in [-0.2, 0) is 16.1 Å². The normalized spacial score (nSPS) is 10.4. The number of anilines is 1. The molecule has 2 rings (SSSR count). The molecule has 132 valence electrons. The summed E-state index contributed by atoms with van der Waals surface area (Å²) in [5.41, 5.74) is 3.73. The fourth-order valence-electron chi connectivity index (χ4n) is 2.49. The van der Waals surface area contributed by atoms with E-state index in [1.807, 2.05) is 32.9 Å². The SMILES string of the molecule is Cc1cc(C)c(NC(=O)CNC(=O)Cn2cnc([N+](=O)[O-])c2)c(C)c1.